The lowest BCUT2D eigenvalue weighted by Gasteiger charge is -2.28. The highest BCUT2D eigenvalue weighted by atomic mass is 32.1. The number of unbranched alkanes of at least 4 members (excludes halogenated alkanes) is 2. The second kappa shape index (κ2) is 5.01. The van der Waals surface area contributed by atoms with Crippen molar-refractivity contribution in [2.24, 2.45) is 0 Å². The Kier molecular flexibility index (Phi) is 5.13. The van der Waals surface area contributed by atoms with Crippen LogP contribution in [0.5, 0.6) is 0 Å². The molecule has 0 unspecified atom stereocenters. The van der Waals surface area contributed by atoms with Crippen molar-refractivity contribution < 1.29 is 5.21 Å². The summed E-state index contributed by atoms with van der Waals surface area (Å²) in [5.41, 5.74) is -0.196. The van der Waals surface area contributed by atoms with Crippen LogP contribution in [0.1, 0.15) is 46.5 Å². The summed E-state index contributed by atoms with van der Waals surface area (Å²) < 4.78 is 1.00. The molecule has 0 aromatic heterocycles. The molecule has 0 aromatic rings. The predicted molar refractivity (Wildman–Crippen MR) is 50.8 cm³/mol. The van der Waals surface area contributed by atoms with Crippen LogP contribution in [0.25, 0.3) is 0 Å². The third kappa shape index (κ3) is 4.67. The first-order valence-corrected chi connectivity index (χ1v) is 4.58. The Morgan fingerprint density at radius 2 is 1.91 bits per heavy atom. The van der Waals surface area contributed by atoms with Crippen LogP contribution in [0.15, 0.2) is 0 Å². The Morgan fingerprint density at radius 1 is 1.36 bits per heavy atom. The highest BCUT2D eigenvalue weighted by molar-refractivity contribution is 7.77. The quantitative estimate of drug-likeness (QED) is 0.383. The van der Waals surface area contributed by atoms with Gasteiger partial charge >= 0.3 is 0 Å². The van der Waals surface area contributed by atoms with Crippen molar-refractivity contribution in [3.63, 3.8) is 0 Å². The summed E-state index contributed by atoms with van der Waals surface area (Å²) in [5, 5.41) is 9.08. The second-order valence-corrected chi connectivity index (χ2v) is 3.94. The van der Waals surface area contributed by atoms with Gasteiger partial charge in [0.2, 0.25) is 0 Å². The van der Waals surface area contributed by atoms with Crippen LogP contribution in [0.3, 0.4) is 0 Å². The van der Waals surface area contributed by atoms with E-state index in [0.717, 1.165) is 17.3 Å². The largest absolute Gasteiger partial charge is 0.303 e. The maximum Gasteiger partial charge on any atom is 0.0516 e. The van der Waals surface area contributed by atoms with Gasteiger partial charge < -0.3 is 5.21 Å². The fourth-order valence-electron chi connectivity index (χ4n) is 0.908. The SMILES string of the molecule is CCCCCC(C)(C)N(O)S. The lowest BCUT2D eigenvalue weighted by Crippen LogP contribution is -2.34. The molecule has 0 aromatic carbocycles. The van der Waals surface area contributed by atoms with Crippen LogP contribution in [-0.2, 0) is 0 Å². The summed E-state index contributed by atoms with van der Waals surface area (Å²) in [6.45, 7) is 6.13. The predicted octanol–water partition coefficient (Wildman–Crippen LogP) is 2.88. The smallest absolute Gasteiger partial charge is 0.0516 e. The number of thiol groups is 1. The lowest BCUT2D eigenvalue weighted by molar-refractivity contribution is -0.0648. The van der Waals surface area contributed by atoms with Crippen LogP contribution in [0.2, 0.25) is 0 Å². The van der Waals surface area contributed by atoms with Gasteiger partial charge in [-0.3, -0.25) is 0 Å². The van der Waals surface area contributed by atoms with Crippen molar-refractivity contribution >= 4 is 12.8 Å². The van der Waals surface area contributed by atoms with E-state index in [4.69, 9.17) is 5.21 Å². The normalized spacial score (nSPS) is 12.5. The minimum absolute atomic E-state index is 0.196. The molecule has 2 nitrogen and oxygen atoms in total. The van der Waals surface area contributed by atoms with E-state index >= 15 is 0 Å². The summed E-state index contributed by atoms with van der Waals surface area (Å²) in [5.74, 6) is 0. The van der Waals surface area contributed by atoms with E-state index in [1.54, 1.807) is 0 Å². The number of nitrogens with zero attached hydrogens (tertiary/aromatic N) is 1. The van der Waals surface area contributed by atoms with Crippen LogP contribution in [0, 0.1) is 0 Å². The van der Waals surface area contributed by atoms with Crippen molar-refractivity contribution in [3.8, 4) is 0 Å². The van der Waals surface area contributed by atoms with Gasteiger partial charge in [-0.1, -0.05) is 39.0 Å². The maximum absolute atomic E-state index is 9.08. The van der Waals surface area contributed by atoms with Gasteiger partial charge in [0.1, 0.15) is 0 Å². The highest BCUT2D eigenvalue weighted by Crippen LogP contribution is 2.21. The van der Waals surface area contributed by atoms with Crippen LogP contribution in [-0.4, -0.2) is 15.2 Å². The average molecular weight is 177 g/mol. The molecule has 0 saturated heterocycles. The average Bonchev–Trinajstić information content (AvgIpc) is 1.88. The molecule has 0 aliphatic heterocycles. The van der Waals surface area contributed by atoms with Gasteiger partial charge in [-0.25, -0.2) is 0 Å². The van der Waals surface area contributed by atoms with E-state index in [9.17, 15) is 0 Å². The van der Waals surface area contributed by atoms with E-state index in [-0.39, 0.29) is 5.54 Å². The van der Waals surface area contributed by atoms with E-state index in [0.29, 0.717) is 0 Å². The molecule has 0 spiro atoms. The van der Waals surface area contributed by atoms with Crippen molar-refractivity contribution in [1.29, 1.82) is 0 Å². The topological polar surface area (TPSA) is 23.5 Å². The van der Waals surface area contributed by atoms with Crippen LogP contribution in [0.4, 0.5) is 0 Å². The summed E-state index contributed by atoms with van der Waals surface area (Å²) in [6, 6.07) is 0. The van der Waals surface area contributed by atoms with Gasteiger partial charge in [-0.2, -0.15) is 0 Å². The first kappa shape index (κ1) is 11.3. The Bertz CT molecular complexity index is 104. The summed E-state index contributed by atoms with van der Waals surface area (Å²) >= 11 is 3.87. The second-order valence-electron chi connectivity index (χ2n) is 3.56. The van der Waals surface area contributed by atoms with Crippen LogP contribution >= 0.6 is 12.8 Å². The first-order chi connectivity index (χ1) is 5.00. The standard InChI is InChI=1S/C8H19NOS/c1-4-5-6-7-8(2,3)9(10)11/h10-11H,4-7H2,1-3H3. The summed E-state index contributed by atoms with van der Waals surface area (Å²) in [7, 11) is 0. The van der Waals surface area contributed by atoms with Crippen molar-refractivity contribution in [2.75, 3.05) is 0 Å². The van der Waals surface area contributed by atoms with Gasteiger partial charge in [-0.05, 0) is 20.3 Å². The molecular formula is C8H19NOS. The Morgan fingerprint density at radius 3 is 2.27 bits per heavy atom. The molecule has 0 aliphatic carbocycles. The number of hydroxylamine groups is 1. The zero-order valence-electron chi connectivity index (χ0n) is 7.67. The van der Waals surface area contributed by atoms with E-state index in [1.807, 2.05) is 13.8 Å². The van der Waals surface area contributed by atoms with Crippen molar-refractivity contribution in [2.45, 2.75) is 52.0 Å². The van der Waals surface area contributed by atoms with Gasteiger partial charge in [-0.15, -0.1) is 4.47 Å². The first-order valence-electron chi connectivity index (χ1n) is 4.18. The van der Waals surface area contributed by atoms with E-state index in [2.05, 4.69) is 19.7 Å². The molecule has 0 saturated carbocycles. The molecule has 0 heterocycles. The third-order valence-corrected chi connectivity index (χ3v) is 2.47. The number of hydrogen-bond acceptors (Lipinski definition) is 3. The third-order valence-electron chi connectivity index (χ3n) is 1.93. The molecule has 0 amide bonds. The van der Waals surface area contributed by atoms with Gasteiger partial charge in [0.25, 0.3) is 0 Å². The van der Waals surface area contributed by atoms with E-state index in [1.165, 1.54) is 12.8 Å². The molecule has 11 heavy (non-hydrogen) atoms. The molecule has 68 valence electrons. The Balaban J connectivity index is 3.55. The molecule has 0 radical (unpaired) electrons. The molecular weight excluding hydrogens is 158 g/mol. The number of rotatable bonds is 5. The Labute approximate surface area is 75.1 Å². The zero-order chi connectivity index (χ0) is 8.91. The molecule has 0 bridgehead atoms. The summed E-state index contributed by atoms with van der Waals surface area (Å²) in [4.78, 5) is 0. The molecule has 0 rings (SSSR count). The summed E-state index contributed by atoms with van der Waals surface area (Å²) in [6.07, 6.45) is 4.58. The highest BCUT2D eigenvalue weighted by Gasteiger charge is 2.21. The maximum atomic E-state index is 9.08. The minimum atomic E-state index is -0.196. The minimum Gasteiger partial charge on any atom is -0.303 e. The van der Waals surface area contributed by atoms with Gasteiger partial charge in [0.05, 0.1) is 5.54 Å². The van der Waals surface area contributed by atoms with Crippen molar-refractivity contribution in [1.82, 2.24) is 4.47 Å². The van der Waals surface area contributed by atoms with E-state index < -0.39 is 0 Å². The lowest BCUT2D eigenvalue weighted by atomic mass is 9.98. The number of hydrogen-bond donors (Lipinski definition) is 2. The monoisotopic (exact) mass is 177 g/mol. The molecule has 1 N–H and O–H groups in total. The van der Waals surface area contributed by atoms with Gasteiger partial charge in [0, 0.05) is 0 Å². The van der Waals surface area contributed by atoms with Crippen molar-refractivity contribution in [3.05, 3.63) is 0 Å². The molecule has 0 atom stereocenters. The fraction of sp³-hybridized carbons (Fsp3) is 1.00. The van der Waals surface area contributed by atoms with Crippen LogP contribution < -0.4 is 0 Å². The molecule has 3 heteroatoms. The molecule has 0 fully saturated rings. The van der Waals surface area contributed by atoms with Gasteiger partial charge in [0.15, 0.2) is 0 Å². The Hall–Kier alpha value is 0.270. The fourth-order valence-corrected chi connectivity index (χ4v) is 1.01. The zero-order valence-corrected chi connectivity index (χ0v) is 8.56. The molecule has 0 aliphatic rings.